The molecular formula is C19H16O3. The smallest absolute Gasteiger partial charge is 0.328 e. The van der Waals surface area contributed by atoms with E-state index in [0.717, 1.165) is 28.0 Å². The minimum Gasteiger partial charge on any atom is -0.488 e. The van der Waals surface area contributed by atoms with Gasteiger partial charge in [0.25, 0.3) is 0 Å². The quantitative estimate of drug-likeness (QED) is 0.864. The first-order valence-electron chi connectivity index (χ1n) is 7.08. The minimum atomic E-state index is -0.942. The van der Waals surface area contributed by atoms with Gasteiger partial charge >= 0.3 is 5.97 Å². The molecule has 0 radical (unpaired) electrons. The minimum absolute atomic E-state index is 0.396. The van der Waals surface area contributed by atoms with E-state index in [2.05, 4.69) is 18.2 Å². The van der Waals surface area contributed by atoms with Crippen LogP contribution in [0.15, 0.2) is 65.8 Å². The molecule has 2 aromatic rings. The van der Waals surface area contributed by atoms with Gasteiger partial charge in [0.05, 0.1) is 0 Å². The van der Waals surface area contributed by atoms with Crippen LogP contribution in [0.5, 0.6) is 5.75 Å². The molecule has 3 heteroatoms. The number of hydrogen-bond donors (Lipinski definition) is 1. The molecule has 0 saturated heterocycles. The maximum atomic E-state index is 10.8. The number of fused-ring (bicyclic) bond motifs is 1. The van der Waals surface area contributed by atoms with Crippen LogP contribution in [0, 0.1) is 0 Å². The summed E-state index contributed by atoms with van der Waals surface area (Å²) in [5.74, 6) is -0.117. The van der Waals surface area contributed by atoms with Crippen molar-refractivity contribution >= 4 is 12.0 Å². The topological polar surface area (TPSA) is 46.5 Å². The molecule has 2 aromatic carbocycles. The summed E-state index contributed by atoms with van der Waals surface area (Å²) in [4.78, 5) is 10.8. The lowest BCUT2D eigenvalue weighted by Crippen LogP contribution is -2.09. The van der Waals surface area contributed by atoms with Crippen molar-refractivity contribution in [2.75, 3.05) is 6.61 Å². The Morgan fingerprint density at radius 1 is 1.14 bits per heavy atom. The third-order valence-electron chi connectivity index (χ3n) is 3.68. The molecule has 0 bridgehead atoms. The predicted molar refractivity (Wildman–Crippen MR) is 86.7 cm³/mol. The third kappa shape index (κ3) is 2.93. The number of benzene rings is 2. The van der Waals surface area contributed by atoms with Crippen molar-refractivity contribution in [3.05, 3.63) is 71.3 Å². The van der Waals surface area contributed by atoms with Gasteiger partial charge in [-0.25, -0.2) is 4.79 Å². The Kier molecular flexibility index (Phi) is 3.79. The van der Waals surface area contributed by atoms with E-state index in [1.54, 1.807) is 6.92 Å². The second-order valence-electron chi connectivity index (χ2n) is 5.24. The molecule has 3 rings (SSSR count). The van der Waals surface area contributed by atoms with Gasteiger partial charge in [0.15, 0.2) is 0 Å². The molecule has 1 aliphatic rings. The zero-order valence-corrected chi connectivity index (χ0v) is 12.2. The molecule has 110 valence electrons. The van der Waals surface area contributed by atoms with Gasteiger partial charge in [-0.05, 0) is 47.4 Å². The molecule has 3 nitrogen and oxygen atoms in total. The Balaban J connectivity index is 2.00. The second kappa shape index (κ2) is 5.90. The molecule has 0 aromatic heterocycles. The van der Waals surface area contributed by atoms with E-state index in [4.69, 9.17) is 9.84 Å². The molecule has 0 spiro atoms. The number of ether oxygens (including phenoxy) is 1. The van der Waals surface area contributed by atoms with Crippen LogP contribution in [0.3, 0.4) is 0 Å². The van der Waals surface area contributed by atoms with Crippen molar-refractivity contribution in [2.24, 2.45) is 0 Å². The molecular weight excluding hydrogens is 276 g/mol. The van der Waals surface area contributed by atoms with Crippen LogP contribution in [0.25, 0.3) is 17.2 Å². The normalized spacial score (nSPS) is 13.9. The Morgan fingerprint density at radius 3 is 2.64 bits per heavy atom. The fourth-order valence-electron chi connectivity index (χ4n) is 2.49. The van der Waals surface area contributed by atoms with Crippen LogP contribution in [0.4, 0.5) is 0 Å². The van der Waals surface area contributed by atoms with E-state index in [1.165, 1.54) is 6.08 Å². The van der Waals surface area contributed by atoms with Crippen LogP contribution in [0.1, 0.15) is 12.5 Å². The van der Waals surface area contributed by atoms with Crippen molar-refractivity contribution in [3.8, 4) is 16.9 Å². The summed E-state index contributed by atoms with van der Waals surface area (Å²) < 4.78 is 5.73. The lowest BCUT2D eigenvalue weighted by Gasteiger charge is -2.19. The summed E-state index contributed by atoms with van der Waals surface area (Å²) in [6, 6.07) is 16.2. The Bertz CT molecular complexity index is 771. The molecule has 1 heterocycles. The fraction of sp³-hybridized carbons (Fsp3) is 0.105. The van der Waals surface area contributed by atoms with E-state index in [-0.39, 0.29) is 0 Å². The zero-order chi connectivity index (χ0) is 15.5. The number of aliphatic carboxylic acids is 1. The lowest BCUT2D eigenvalue weighted by atomic mass is 9.98. The number of hydrogen-bond acceptors (Lipinski definition) is 2. The van der Waals surface area contributed by atoms with Gasteiger partial charge in [-0.3, -0.25) is 0 Å². The maximum Gasteiger partial charge on any atom is 0.328 e. The largest absolute Gasteiger partial charge is 0.488 e. The second-order valence-corrected chi connectivity index (χ2v) is 5.24. The van der Waals surface area contributed by atoms with Gasteiger partial charge in [0.2, 0.25) is 0 Å². The van der Waals surface area contributed by atoms with E-state index in [9.17, 15) is 4.79 Å². The van der Waals surface area contributed by atoms with Crippen LogP contribution in [-0.4, -0.2) is 17.7 Å². The SMILES string of the molecule is C/C(=C/C(=O)O)C1=Cc2cc(-c3ccccc3)ccc2OC1. The monoisotopic (exact) mass is 292 g/mol. The first-order chi connectivity index (χ1) is 10.6. The summed E-state index contributed by atoms with van der Waals surface area (Å²) in [5.41, 5.74) is 4.83. The van der Waals surface area contributed by atoms with Gasteiger partial charge < -0.3 is 9.84 Å². The van der Waals surface area contributed by atoms with E-state index in [0.29, 0.717) is 12.2 Å². The highest BCUT2D eigenvalue weighted by atomic mass is 16.5. The molecule has 1 aliphatic heterocycles. The summed E-state index contributed by atoms with van der Waals surface area (Å²) >= 11 is 0. The Labute approximate surface area is 129 Å². The van der Waals surface area contributed by atoms with E-state index < -0.39 is 5.97 Å². The molecule has 0 saturated carbocycles. The van der Waals surface area contributed by atoms with Gasteiger partial charge in [-0.15, -0.1) is 0 Å². The number of carboxylic acids is 1. The average molecular weight is 292 g/mol. The molecule has 1 N–H and O–H groups in total. The van der Waals surface area contributed by atoms with Gasteiger partial charge in [-0.2, -0.15) is 0 Å². The molecule has 0 unspecified atom stereocenters. The standard InChI is InChI=1S/C19H16O3/c1-13(9-19(20)21)17-11-16-10-15(7-8-18(16)22-12-17)14-5-3-2-4-6-14/h2-11H,12H2,1H3,(H,20,21)/b13-9-. The number of rotatable bonds is 3. The number of carboxylic acid groups (broad SMARTS) is 1. The maximum absolute atomic E-state index is 10.8. The highest BCUT2D eigenvalue weighted by Crippen LogP contribution is 2.32. The lowest BCUT2D eigenvalue weighted by molar-refractivity contribution is -0.131. The Morgan fingerprint density at radius 2 is 1.91 bits per heavy atom. The average Bonchev–Trinajstić information content (AvgIpc) is 2.54. The van der Waals surface area contributed by atoms with Crippen LogP contribution in [0.2, 0.25) is 0 Å². The fourth-order valence-corrected chi connectivity index (χ4v) is 2.49. The Hall–Kier alpha value is -2.81. The highest BCUT2D eigenvalue weighted by Gasteiger charge is 2.14. The zero-order valence-electron chi connectivity index (χ0n) is 12.2. The molecule has 22 heavy (non-hydrogen) atoms. The first-order valence-corrected chi connectivity index (χ1v) is 7.08. The summed E-state index contributed by atoms with van der Waals surface area (Å²) in [6.07, 6.45) is 3.21. The third-order valence-corrected chi connectivity index (χ3v) is 3.68. The summed E-state index contributed by atoms with van der Waals surface area (Å²) in [7, 11) is 0. The predicted octanol–water partition coefficient (Wildman–Crippen LogP) is 4.16. The van der Waals surface area contributed by atoms with Crippen LogP contribution in [-0.2, 0) is 4.79 Å². The van der Waals surface area contributed by atoms with E-state index >= 15 is 0 Å². The van der Waals surface area contributed by atoms with Crippen molar-refractivity contribution < 1.29 is 14.6 Å². The van der Waals surface area contributed by atoms with Crippen molar-refractivity contribution in [1.29, 1.82) is 0 Å². The van der Waals surface area contributed by atoms with Crippen molar-refractivity contribution in [2.45, 2.75) is 6.92 Å². The molecule has 0 fully saturated rings. The first kappa shape index (κ1) is 14.1. The van der Waals surface area contributed by atoms with Gasteiger partial charge in [0, 0.05) is 11.6 Å². The van der Waals surface area contributed by atoms with E-state index in [1.807, 2.05) is 36.4 Å². The molecule has 0 aliphatic carbocycles. The van der Waals surface area contributed by atoms with Crippen molar-refractivity contribution in [1.82, 2.24) is 0 Å². The number of carbonyl (C=O) groups is 1. The van der Waals surface area contributed by atoms with Crippen LogP contribution >= 0.6 is 0 Å². The highest BCUT2D eigenvalue weighted by molar-refractivity contribution is 5.83. The summed E-state index contributed by atoms with van der Waals surface area (Å²) in [5, 5.41) is 8.86. The van der Waals surface area contributed by atoms with Crippen molar-refractivity contribution in [3.63, 3.8) is 0 Å². The molecule has 0 amide bonds. The van der Waals surface area contributed by atoms with Gasteiger partial charge in [0.1, 0.15) is 12.4 Å². The van der Waals surface area contributed by atoms with Crippen LogP contribution < -0.4 is 4.74 Å². The molecule has 0 atom stereocenters. The summed E-state index contributed by atoms with van der Waals surface area (Å²) in [6.45, 7) is 2.18. The van der Waals surface area contributed by atoms with Gasteiger partial charge in [-0.1, -0.05) is 36.4 Å².